The van der Waals surface area contributed by atoms with Crippen LogP contribution in [-0.2, 0) is 0 Å². The Bertz CT molecular complexity index is 319. The molecule has 0 saturated carbocycles. The topological polar surface area (TPSA) is 88.7 Å². The molecule has 0 radical (unpaired) electrons. The van der Waals surface area contributed by atoms with Gasteiger partial charge >= 0.3 is 76.3 Å². The molecule has 0 unspecified atom stereocenters. The van der Waals surface area contributed by atoms with Gasteiger partial charge in [-0.1, -0.05) is 0 Å². The Hall–Kier alpha value is -1.24. The number of nitrogen functional groups attached to an aromatic ring is 2. The molecule has 0 aliphatic carbocycles. The number of anilines is 2. The van der Waals surface area contributed by atoms with Crippen molar-refractivity contribution in [1.82, 2.24) is 4.98 Å². The molecule has 1 rings (SSSR count). The molecule has 1 aromatic rings. The summed E-state index contributed by atoms with van der Waals surface area (Å²) in [4.78, 5) is 4.03. The van der Waals surface area contributed by atoms with E-state index >= 15 is 0 Å². The van der Waals surface area contributed by atoms with Crippen LogP contribution in [0.5, 0.6) is 0 Å². The van der Waals surface area contributed by atoms with E-state index in [4.69, 9.17) is 16.7 Å². The average Bonchev–Trinajstić information content (AvgIpc) is 2.03. The molecule has 0 saturated heterocycles. The number of nitrogens with zero attached hydrogens (tertiary/aromatic N) is 2. The molecule has 1 aromatic heterocycles. The zero-order valence-corrected chi connectivity index (χ0v) is 8.25. The van der Waals surface area contributed by atoms with Crippen molar-refractivity contribution in [3.8, 4) is 6.07 Å². The summed E-state index contributed by atoms with van der Waals surface area (Å²) in [5.41, 5.74) is 11.8. The number of pyridine rings is 1. The minimum absolute atomic E-state index is 0.233. The first-order valence-electron chi connectivity index (χ1n) is 3.19. The molecule has 0 aliphatic rings. The van der Waals surface area contributed by atoms with Gasteiger partial charge in [0.15, 0.2) is 0 Å². The van der Waals surface area contributed by atoms with E-state index in [9.17, 15) is 0 Å². The van der Waals surface area contributed by atoms with Crippen molar-refractivity contribution in [2.45, 2.75) is 5.82 Å². The van der Waals surface area contributed by atoms with Crippen LogP contribution in [0, 0.1) is 11.3 Å². The van der Waals surface area contributed by atoms with E-state index in [1.165, 1.54) is 0 Å². The standard InChI is InChI=1S/C7H8N4Se/c1-12-6-2-5(9)4(3-8)7(10)11-6/h2H,1H3,(H4,9,10,11). The van der Waals surface area contributed by atoms with Crippen molar-refractivity contribution in [1.29, 1.82) is 5.26 Å². The SMILES string of the molecule is C[Se]c1cc(N)c(C#N)c(N)n1. The van der Waals surface area contributed by atoms with Crippen LogP contribution in [0.3, 0.4) is 0 Å². The van der Waals surface area contributed by atoms with E-state index in [1.807, 2.05) is 11.9 Å². The second-order valence-electron chi connectivity index (χ2n) is 2.13. The van der Waals surface area contributed by atoms with Gasteiger partial charge in [-0.3, -0.25) is 0 Å². The Morgan fingerprint density at radius 1 is 1.58 bits per heavy atom. The third-order valence-electron chi connectivity index (χ3n) is 1.38. The zero-order valence-electron chi connectivity index (χ0n) is 6.53. The Labute approximate surface area is 76.7 Å². The predicted octanol–water partition coefficient (Wildman–Crippen LogP) is -0.505. The second kappa shape index (κ2) is 3.44. The van der Waals surface area contributed by atoms with Crippen LogP contribution in [-0.4, -0.2) is 19.9 Å². The zero-order chi connectivity index (χ0) is 9.14. The Morgan fingerprint density at radius 3 is 2.67 bits per heavy atom. The first-order valence-corrected chi connectivity index (χ1v) is 5.76. The van der Waals surface area contributed by atoms with Gasteiger partial charge in [0.1, 0.15) is 0 Å². The average molecular weight is 227 g/mol. The fourth-order valence-corrected chi connectivity index (χ4v) is 1.70. The van der Waals surface area contributed by atoms with Gasteiger partial charge in [0.2, 0.25) is 0 Å². The van der Waals surface area contributed by atoms with E-state index in [0.717, 1.165) is 4.59 Å². The van der Waals surface area contributed by atoms with Gasteiger partial charge in [0.25, 0.3) is 0 Å². The molecule has 4 nitrogen and oxygen atoms in total. The monoisotopic (exact) mass is 228 g/mol. The summed E-state index contributed by atoms with van der Waals surface area (Å²) in [5.74, 6) is 2.25. The molecule has 0 atom stereocenters. The van der Waals surface area contributed by atoms with E-state index in [2.05, 4.69) is 4.98 Å². The second-order valence-corrected chi connectivity index (χ2v) is 3.86. The van der Waals surface area contributed by atoms with Crippen LogP contribution in [0.1, 0.15) is 5.56 Å². The van der Waals surface area contributed by atoms with Crippen molar-refractivity contribution in [2.75, 3.05) is 11.5 Å². The van der Waals surface area contributed by atoms with Gasteiger partial charge in [-0.05, 0) is 0 Å². The van der Waals surface area contributed by atoms with Gasteiger partial charge in [-0.25, -0.2) is 0 Å². The molecule has 4 N–H and O–H groups in total. The summed E-state index contributed by atoms with van der Waals surface area (Å²) < 4.78 is 0.872. The molecule has 12 heavy (non-hydrogen) atoms. The van der Waals surface area contributed by atoms with Crippen LogP contribution in [0.15, 0.2) is 6.07 Å². The first kappa shape index (κ1) is 8.85. The minimum atomic E-state index is 0.233. The van der Waals surface area contributed by atoms with E-state index in [0.29, 0.717) is 5.69 Å². The third-order valence-corrected chi connectivity index (χ3v) is 2.69. The van der Waals surface area contributed by atoms with Gasteiger partial charge in [0.05, 0.1) is 0 Å². The maximum atomic E-state index is 8.62. The molecule has 0 spiro atoms. The molecule has 0 aliphatic heterocycles. The van der Waals surface area contributed by atoms with Crippen molar-refractivity contribution in [3.05, 3.63) is 11.6 Å². The van der Waals surface area contributed by atoms with Gasteiger partial charge < -0.3 is 0 Å². The van der Waals surface area contributed by atoms with E-state index < -0.39 is 0 Å². The Balaban J connectivity index is 3.30. The van der Waals surface area contributed by atoms with Crippen LogP contribution >= 0.6 is 0 Å². The summed E-state index contributed by atoms with van der Waals surface area (Å²) in [6.45, 7) is 0. The third kappa shape index (κ3) is 1.50. The fourth-order valence-electron chi connectivity index (χ4n) is 0.786. The number of hydrogen-bond donors (Lipinski definition) is 2. The maximum absolute atomic E-state index is 8.62. The first-order chi connectivity index (χ1) is 5.69. The van der Waals surface area contributed by atoms with Gasteiger partial charge in [-0.2, -0.15) is 0 Å². The van der Waals surface area contributed by atoms with Crippen LogP contribution < -0.4 is 16.1 Å². The summed E-state index contributed by atoms with van der Waals surface area (Å²) in [6, 6.07) is 3.61. The number of hydrogen-bond acceptors (Lipinski definition) is 4. The molecular formula is C7H8N4Se. The van der Waals surface area contributed by atoms with E-state index in [-0.39, 0.29) is 26.3 Å². The summed E-state index contributed by atoms with van der Waals surface area (Å²) in [6.07, 6.45) is 0. The van der Waals surface area contributed by atoms with Crippen molar-refractivity contribution < 1.29 is 0 Å². The Kier molecular flexibility index (Phi) is 2.54. The normalized spacial score (nSPS) is 9.33. The molecule has 5 heteroatoms. The summed E-state index contributed by atoms with van der Waals surface area (Å²) in [7, 11) is 0. The van der Waals surface area contributed by atoms with Crippen molar-refractivity contribution in [2.24, 2.45) is 0 Å². The molecule has 0 fully saturated rings. The number of nitrogens with two attached hydrogens (primary N) is 2. The van der Waals surface area contributed by atoms with Crippen LogP contribution in [0.2, 0.25) is 5.82 Å². The molecule has 62 valence electrons. The molecule has 1 heterocycles. The quantitative estimate of drug-likeness (QED) is 0.632. The summed E-state index contributed by atoms with van der Waals surface area (Å²) >= 11 is 0.260. The van der Waals surface area contributed by atoms with Gasteiger partial charge in [-0.15, -0.1) is 0 Å². The molecular weight excluding hydrogens is 219 g/mol. The van der Waals surface area contributed by atoms with E-state index in [1.54, 1.807) is 6.07 Å². The number of nitriles is 1. The number of aromatic nitrogens is 1. The van der Waals surface area contributed by atoms with Crippen molar-refractivity contribution >= 4 is 31.1 Å². The molecule has 0 bridgehead atoms. The van der Waals surface area contributed by atoms with Crippen molar-refractivity contribution in [3.63, 3.8) is 0 Å². The van der Waals surface area contributed by atoms with Gasteiger partial charge in [0, 0.05) is 0 Å². The Morgan fingerprint density at radius 2 is 2.25 bits per heavy atom. The predicted molar refractivity (Wildman–Crippen MR) is 49.0 cm³/mol. The number of rotatable bonds is 1. The molecule has 0 amide bonds. The van der Waals surface area contributed by atoms with Crippen LogP contribution in [0.4, 0.5) is 11.5 Å². The van der Waals surface area contributed by atoms with Crippen LogP contribution in [0.25, 0.3) is 0 Å². The fraction of sp³-hybridized carbons (Fsp3) is 0.143. The molecule has 0 aromatic carbocycles. The summed E-state index contributed by atoms with van der Waals surface area (Å²) in [5, 5.41) is 8.62.